The second-order valence-corrected chi connectivity index (χ2v) is 2.75. The summed E-state index contributed by atoms with van der Waals surface area (Å²) in [5.41, 5.74) is 7.15. The molecule has 0 aliphatic rings. The van der Waals surface area contributed by atoms with E-state index < -0.39 is 6.10 Å². The molecule has 1 aromatic rings. The van der Waals surface area contributed by atoms with Gasteiger partial charge in [0.05, 0.1) is 12.3 Å². The van der Waals surface area contributed by atoms with E-state index in [1.54, 1.807) is 13.1 Å². The lowest BCUT2D eigenvalue weighted by atomic mass is 10.1. The first-order valence-electron chi connectivity index (χ1n) is 3.56. The maximum atomic E-state index is 9.48. The van der Waals surface area contributed by atoms with Gasteiger partial charge in [0.25, 0.3) is 0 Å². The fraction of sp³-hybridized carbons (Fsp3) is 0.571. The quantitative estimate of drug-likeness (QED) is 0.567. The lowest BCUT2D eigenvalue weighted by Crippen LogP contribution is -2.24. The highest BCUT2D eigenvalue weighted by molar-refractivity contribution is 5.18. The Bertz CT molecular complexity index is 231. The fourth-order valence-electron chi connectivity index (χ4n) is 0.941. The zero-order chi connectivity index (χ0) is 8.43. The molecular formula is C7H13N3O. The summed E-state index contributed by atoms with van der Waals surface area (Å²) in [6, 6.07) is -0.258. The van der Waals surface area contributed by atoms with Gasteiger partial charge in [0.2, 0.25) is 0 Å². The van der Waals surface area contributed by atoms with Gasteiger partial charge in [-0.25, -0.2) is 0 Å². The third-order valence-corrected chi connectivity index (χ3v) is 1.69. The van der Waals surface area contributed by atoms with E-state index in [2.05, 4.69) is 10.2 Å². The summed E-state index contributed by atoms with van der Waals surface area (Å²) in [4.78, 5) is 0. The molecule has 1 rings (SSSR count). The van der Waals surface area contributed by atoms with E-state index in [1.165, 1.54) is 0 Å². The lowest BCUT2D eigenvalue weighted by Gasteiger charge is -2.12. The molecule has 11 heavy (non-hydrogen) atoms. The van der Waals surface area contributed by atoms with Crippen LogP contribution in [0.4, 0.5) is 0 Å². The smallest absolute Gasteiger partial charge is 0.0970 e. The number of aromatic amines is 1. The van der Waals surface area contributed by atoms with Crippen molar-refractivity contribution in [1.29, 1.82) is 0 Å². The van der Waals surface area contributed by atoms with Crippen molar-refractivity contribution in [3.63, 3.8) is 0 Å². The first kappa shape index (κ1) is 8.23. The van der Waals surface area contributed by atoms with E-state index >= 15 is 0 Å². The van der Waals surface area contributed by atoms with Crippen LogP contribution in [0.3, 0.4) is 0 Å². The Labute approximate surface area is 65.4 Å². The molecule has 2 unspecified atom stereocenters. The predicted octanol–water partition coefficient (Wildman–Crippen LogP) is 0.0987. The average molecular weight is 155 g/mol. The van der Waals surface area contributed by atoms with Crippen LogP contribution in [0.15, 0.2) is 6.20 Å². The van der Waals surface area contributed by atoms with Crippen molar-refractivity contribution in [2.24, 2.45) is 5.73 Å². The monoisotopic (exact) mass is 155 g/mol. The zero-order valence-electron chi connectivity index (χ0n) is 6.70. The zero-order valence-corrected chi connectivity index (χ0v) is 6.70. The minimum Gasteiger partial charge on any atom is -0.387 e. The maximum Gasteiger partial charge on any atom is 0.0970 e. The van der Waals surface area contributed by atoms with Gasteiger partial charge in [0.15, 0.2) is 0 Å². The molecule has 0 aliphatic carbocycles. The normalized spacial score (nSPS) is 16.4. The van der Waals surface area contributed by atoms with Crippen LogP contribution >= 0.6 is 0 Å². The van der Waals surface area contributed by atoms with Crippen LogP contribution in [0, 0.1) is 6.92 Å². The van der Waals surface area contributed by atoms with Crippen LogP contribution < -0.4 is 5.73 Å². The Hall–Kier alpha value is -0.870. The molecule has 1 aromatic heterocycles. The Balaban J connectivity index is 2.84. The summed E-state index contributed by atoms with van der Waals surface area (Å²) in [6.07, 6.45) is 0.984. The van der Waals surface area contributed by atoms with Crippen LogP contribution in [0.2, 0.25) is 0 Å². The Morgan fingerprint density at radius 2 is 2.36 bits per heavy atom. The van der Waals surface area contributed by atoms with E-state index in [0.29, 0.717) is 0 Å². The van der Waals surface area contributed by atoms with Gasteiger partial charge in [-0.1, -0.05) is 0 Å². The van der Waals surface area contributed by atoms with Gasteiger partial charge in [0, 0.05) is 17.3 Å². The summed E-state index contributed by atoms with van der Waals surface area (Å²) >= 11 is 0. The number of hydrogen-bond acceptors (Lipinski definition) is 3. The Kier molecular flexibility index (Phi) is 2.26. The minimum atomic E-state index is -0.617. The number of H-pyrrole nitrogens is 1. The number of nitrogens with one attached hydrogen (secondary N) is 1. The lowest BCUT2D eigenvalue weighted by molar-refractivity contribution is 0.152. The highest BCUT2D eigenvalue weighted by atomic mass is 16.3. The molecule has 0 aromatic carbocycles. The maximum absolute atomic E-state index is 9.48. The largest absolute Gasteiger partial charge is 0.387 e. The van der Waals surface area contributed by atoms with Crippen molar-refractivity contribution in [2.45, 2.75) is 26.0 Å². The number of aromatic nitrogens is 2. The summed E-state index contributed by atoms with van der Waals surface area (Å²) in [5.74, 6) is 0. The topological polar surface area (TPSA) is 74.9 Å². The molecule has 0 saturated heterocycles. The van der Waals surface area contributed by atoms with Gasteiger partial charge in [-0.2, -0.15) is 5.10 Å². The first-order valence-corrected chi connectivity index (χ1v) is 3.56. The molecule has 2 atom stereocenters. The highest BCUT2D eigenvalue weighted by Crippen LogP contribution is 2.16. The van der Waals surface area contributed by atoms with Crippen LogP contribution in [0.25, 0.3) is 0 Å². The van der Waals surface area contributed by atoms with Gasteiger partial charge in [-0.15, -0.1) is 0 Å². The first-order chi connectivity index (χ1) is 5.13. The number of aliphatic hydroxyl groups is 1. The second-order valence-electron chi connectivity index (χ2n) is 2.75. The molecule has 4 nitrogen and oxygen atoms in total. The summed E-state index contributed by atoms with van der Waals surface area (Å²) in [7, 11) is 0. The van der Waals surface area contributed by atoms with Crippen LogP contribution in [0.1, 0.15) is 24.3 Å². The van der Waals surface area contributed by atoms with Gasteiger partial charge >= 0.3 is 0 Å². The van der Waals surface area contributed by atoms with E-state index in [-0.39, 0.29) is 6.04 Å². The second kappa shape index (κ2) is 3.02. The van der Waals surface area contributed by atoms with E-state index in [1.807, 2.05) is 6.92 Å². The van der Waals surface area contributed by atoms with Crippen molar-refractivity contribution >= 4 is 0 Å². The number of aryl methyl sites for hydroxylation is 1. The van der Waals surface area contributed by atoms with E-state index in [0.717, 1.165) is 11.3 Å². The number of aliphatic hydroxyl groups excluding tert-OH is 1. The SMILES string of the molecule is Cc1[nH]ncc1C(O)C(C)N. The van der Waals surface area contributed by atoms with Gasteiger partial charge < -0.3 is 10.8 Å². The number of nitrogens with two attached hydrogens (primary N) is 1. The molecule has 0 bridgehead atoms. The Morgan fingerprint density at radius 1 is 1.73 bits per heavy atom. The predicted molar refractivity (Wildman–Crippen MR) is 41.9 cm³/mol. The van der Waals surface area contributed by atoms with Crippen molar-refractivity contribution in [3.05, 3.63) is 17.5 Å². The van der Waals surface area contributed by atoms with Crippen molar-refractivity contribution in [3.8, 4) is 0 Å². The van der Waals surface area contributed by atoms with Crippen LogP contribution in [-0.4, -0.2) is 21.3 Å². The van der Waals surface area contributed by atoms with E-state index in [4.69, 9.17) is 5.73 Å². The summed E-state index contributed by atoms with van der Waals surface area (Å²) in [6.45, 7) is 3.62. The van der Waals surface area contributed by atoms with Gasteiger partial charge in [-0.3, -0.25) is 5.10 Å². The summed E-state index contributed by atoms with van der Waals surface area (Å²) < 4.78 is 0. The molecule has 0 spiro atoms. The molecule has 0 aliphatic heterocycles. The third-order valence-electron chi connectivity index (χ3n) is 1.69. The van der Waals surface area contributed by atoms with Gasteiger partial charge in [-0.05, 0) is 13.8 Å². The number of hydrogen-bond donors (Lipinski definition) is 3. The molecule has 0 fully saturated rings. The molecule has 0 amide bonds. The Morgan fingerprint density at radius 3 is 2.73 bits per heavy atom. The average Bonchev–Trinajstić information content (AvgIpc) is 2.33. The number of rotatable bonds is 2. The molecule has 1 heterocycles. The van der Waals surface area contributed by atoms with Crippen LogP contribution in [0.5, 0.6) is 0 Å². The van der Waals surface area contributed by atoms with Crippen LogP contribution in [-0.2, 0) is 0 Å². The molecular weight excluding hydrogens is 142 g/mol. The molecule has 0 radical (unpaired) electrons. The molecule has 4 heteroatoms. The van der Waals surface area contributed by atoms with Crippen molar-refractivity contribution in [1.82, 2.24) is 10.2 Å². The van der Waals surface area contributed by atoms with Crippen molar-refractivity contribution in [2.75, 3.05) is 0 Å². The van der Waals surface area contributed by atoms with Gasteiger partial charge in [0.1, 0.15) is 0 Å². The molecule has 0 saturated carbocycles. The molecule has 62 valence electrons. The highest BCUT2D eigenvalue weighted by Gasteiger charge is 2.15. The standard InChI is InChI=1S/C7H13N3O/c1-4(8)7(11)6-3-9-10-5(6)2/h3-4,7,11H,8H2,1-2H3,(H,9,10). The fourth-order valence-corrected chi connectivity index (χ4v) is 0.941. The van der Waals surface area contributed by atoms with Crippen molar-refractivity contribution < 1.29 is 5.11 Å². The molecule has 4 N–H and O–H groups in total. The number of nitrogens with zero attached hydrogens (tertiary/aromatic N) is 1. The summed E-state index contributed by atoms with van der Waals surface area (Å²) in [5, 5.41) is 16.0. The minimum absolute atomic E-state index is 0.258. The van der Waals surface area contributed by atoms with E-state index in [9.17, 15) is 5.11 Å². The third kappa shape index (κ3) is 1.58.